The van der Waals surface area contributed by atoms with Gasteiger partial charge >= 0.3 is 0 Å². The molecule has 1 aromatic heterocycles. The summed E-state index contributed by atoms with van der Waals surface area (Å²) in [7, 11) is 0. The summed E-state index contributed by atoms with van der Waals surface area (Å²) < 4.78 is 1.66. The third kappa shape index (κ3) is 2.74. The van der Waals surface area contributed by atoms with E-state index in [0.717, 1.165) is 16.5 Å². The Hall–Kier alpha value is -2.57. The second-order valence-electron chi connectivity index (χ2n) is 5.24. The van der Waals surface area contributed by atoms with Gasteiger partial charge < -0.3 is 4.57 Å². The fourth-order valence-corrected chi connectivity index (χ4v) is 2.97. The van der Waals surface area contributed by atoms with Gasteiger partial charge in [0.1, 0.15) is 11.6 Å². The summed E-state index contributed by atoms with van der Waals surface area (Å²) in [6.07, 6.45) is 0.682. The van der Waals surface area contributed by atoms with E-state index in [1.165, 1.54) is 0 Å². The van der Waals surface area contributed by atoms with Gasteiger partial charge in [0.15, 0.2) is 0 Å². The first kappa shape index (κ1) is 15.3. The van der Waals surface area contributed by atoms with Crippen LogP contribution in [-0.4, -0.2) is 10.4 Å². The molecule has 0 aliphatic carbocycles. The van der Waals surface area contributed by atoms with Crippen molar-refractivity contribution in [2.24, 2.45) is 0 Å². The minimum absolute atomic E-state index is 0.185. The van der Waals surface area contributed by atoms with E-state index in [9.17, 15) is 10.1 Å². The van der Waals surface area contributed by atoms with Crippen LogP contribution in [-0.2, 0) is 6.54 Å². The lowest BCUT2D eigenvalue weighted by Crippen LogP contribution is -2.24. The van der Waals surface area contributed by atoms with E-state index in [0.29, 0.717) is 24.4 Å². The molecular formula is C19H15ClN2O. The number of benzene rings is 2. The summed E-state index contributed by atoms with van der Waals surface area (Å²) in [5.74, 6) is 0.475. The summed E-state index contributed by atoms with van der Waals surface area (Å²) in [6.45, 7) is 0.507. The SMILES string of the molecule is N#Cc1c(-c2ccccc2)c2ccccc2n(CCCCl)c1=O. The van der Waals surface area contributed by atoms with Gasteiger partial charge in [0, 0.05) is 23.4 Å². The predicted molar refractivity (Wildman–Crippen MR) is 93.7 cm³/mol. The van der Waals surface area contributed by atoms with Crippen molar-refractivity contribution in [1.29, 1.82) is 5.26 Å². The van der Waals surface area contributed by atoms with Crippen LogP contribution in [0.15, 0.2) is 59.4 Å². The standard InChI is InChI=1S/C19H15ClN2O/c20-11-6-12-22-17-10-5-4-9-15(17)18(16(13-21)19(22)23)14-7-2-1-3-8-14/h1-5,7-10H,6,11-12H2. The van der Waals surface area contributed by atoms with Crippen LogP contribution in [0.3, 0.4) is 0 Å². The maximum absolute atomic E-state index is 12.8. The molecule has 0 atom stereocenters. The fourth-order valence-electron chi connectivity index (χ4n) is 2.85. The monoisotopic (exact) mass is 322 g/mol. The van der Waals surface area contributed by atoms with Gasteiger partial charge in [-0.3, -0.25) is 4.79 Å². The molecule has 2 aromatic carbocycles. The van der Waals surface area contributed by atoms with Crippen molar-refractivity contribution in [3.05, 3.63) is 70.5 Å². The number of rotatable bonds is 4. The third-order valence-corrected chi connectivity index (χ3v) is 4.13. The Bertz CT molecular complexity index is 939. The van der Waals surface area contributed by atoms with Crippen molar-refractivity contribution in [3.63, 3.8) is 0 Å². The smallest absolute Gasteiger partial charge is 0.269 e. The van der Waals surface area contributed by atoms with Crippen LogP contribution in [0.4, 0.5) is 0 Å². The van der Waals surface area contributed by atoms with Crippen LogP contribution in [0.1, 0.15) is 12.0 Å². The summed E-state index contributed by atoms with van der Waals surface area (Å²) in [4.78, 5) is 12.8. The fraction of sp³-hybridized carbons (Fsp3) is 0.158. The zero-order chi connectivity index (χ0) is 16.2. The van der Waals surface area contributed by atoms with Crippen molar-refractivity contribution >= 4 is 22.5 Å². The quantitative estimate of drug-likeness (QED) is 0.677. The van der Waals surface area contributed by atoms with E-state index in [1.807, 2.05) is 54.6 Å². The predicted octanol–water partition coefficient (Wildman–Crippen LogP) is 4.17. The van der Waals surface area contributed by atoms with E-state index in [1.54, 1.807) is 4.57 Å². The Kier molecular flexibility index (Phi) is 4.45. The molecule has 0 aliphatic rings. The number of hydrogen-bond donors (Lipinski definition) is 0. The molecule has 0 bridgehead atoms. The lowest BCUT2D eigenvalue weighted by molar-refractivity contribution is 0.680. The zero-order valence-electron chi connectivity index (χ0n) is 12.5. The van der Waals surface area contributed by atoms with E-state index in [-0.39, 0.29) is 11.1 Å². The number of halogens is 1. The molecular weight excluding hydrogens is 308 g/mol. The summed E-state index contributed by atoms with van der Waals surface area (Å²) >= 11 is 5.78. The highest BCUT2D eigenvalue weighted by Gasteiger charge is 2.17. The van der Waals surface area contributed by atoms with Gasteiger partial charge in [-0.05, 0) is 18.1 Å². The molecule has 0 amide bonds. The first-order valence-electron chi connectivity index (χ1n) is 7.45. The maximum Gasteiger partial charge on any atom is 0.269 e. The third-order valence-electron chi connectivity index (χ3n) is 3.86. The highest BCUT2D eigenvalue weighted by molar-refractivity contribution is 6.17. The highest BCUT2D eigenvalue weighted by atomic mass is 35.5. The minimum atomic E-state index is -0.254. The summed E-state index contributed by atoms with van der Waals surface area (Å²) in [5.41, 5.74) is 2.35. The molecule has 0 unspecified atom stereocenters. The molecule has 114 valence electrons. The van der Waals surface area contributed by atoms with E-state index in [2.05, 4.69) is 6.07 Å². The van der Waals surface area contributed by atoms with Crippen LogP contribution in [0, 0.1) is 11.3 Å². The molecule has 0 N–H and O–H groups in total. The van der Waals surface area contributed by atoms with E-state index < -0.39 is 0 Å². The number of nitriles is 1. The molecule has 3 nitrogen and oxygen atoms in total. The van der Waals surface area contributed by atoms with Gasteiger partial charge in [0.2, 0.25) is 0 Å². The van der Waals surface area contributed by atoms with Gasteiger partial charge in [0.25, 0.3) is 5.56 Å². The number of para-hydroxylation sites is 1. The highest BCUT2D eigenvalue weighted by Crippen LogP contribution is 2.30. The Labute approximate surface area is 139 Å². The van der Waals surface area contributed by atoms with Crippen molar-refractivity contribution in [2.75, 3.05) is 5.88 Å². The summed E-state index contributed by atoms with van der Waals surface area (Å²) in [5, 5.41) is 10.5. The first-order valence-corrected chi connectivity index (χ1v) is 7.98. The minimum Gasteiger partial charge on any atom is -0.307 e. The molecule has 1 heterocycles. The van der Waals surface area contributed by atoms with Gasteiger partial charge in [0.05, 0.1) is 5.52 Å². The molecule has 23 heavy (non-hydrogen) atoms. The van der Waals surface area contributed by atoms with E-state index >= 15 is 0 Å². The second kappa shape index (κ2) is 6.68. The second-order valence-corrected chi connectivity index (χ2v) is 5.62. The lowest BCUT2D eigenvalue weighted by Gasteiger charge is -2.15. The number of nitrogens with zero attached hydrogens (tertiary/aromatic N) is 2. The van der Waals surface area contributed by atoms with Crippen LogP contribution in [0.25, 0.3) is 22.0 Å². The summed E-state index contributed by atoms with van der Waals surface area (Å²) in [6, 6.07) is 19.4. The van der Waals surface area contributed by atoms with Crippen LogP contribution in [0.2, 0.25) is 0 Å². The van der Waals surface area contributed by atoms with Crippen molar-refractivity contribution < 1.29 is 0 Å². The topological polar surface area (TPSA) is 45.8 Å². The molecule has 0 aliphatic heterocycles. The van der Waals surface area contributed by atoms with Crippen molar-refractivity contribution in [3.8, 4) is 17.2 Å². The van der Waals surface area contributed by atoms with E-state index in [4.69, 9.17) is 11.6 Å². The largest absolute Gasteiger partial charge is 0.307 e. The molecule has 4 heteroatoms. The van der Waals surface area contributed by atoms with Crippen molar-refractivity contribution in [1.82, 2.24) is 4.57 Å². The normalized spacial score (nSPS) is 10.6. The molecule has 0 saturated carbocycles. The zero-order valence-corrected chi connectivity index (χ0v) is 13.3. The molecule has 3 aromatic rings. The van der Waals surface area contributed by atoms with Crippen molar-refractivity contribution in [2.45, 2.75) is 13.0 Å². The van der Waals surface area contributed by atoms with Gasteiger partial charge in [-0.15, -0.1) is 11.6 Å². The maximum atomic E-state index is 12.8. The number of aryl methyl sites for hydroxylation is 1. The molecule has 0 saturated heterocycles. The van der Waals surface area contributed by atoms with Gasteiger partial charge in [-0.1, -0.05) is 48.5 Å². The van der Waals surface area contributed by atoms with Gasteiger partial charge in [-0.2, -0.15) is 5.26 Å². The number of alkyl halides is 1. The lowest BCUT2D eigenvalue weighted by atomic mass is 9.96. The Morgan fingerprint density at radius 2 is 1.74 bits per heavy atom. The number of pyridine rings is 1. The van der Waals surface area contributed by atoms with Gasteiger partial charge in [-0.25, -0.2) is 0 Å². The average Bonchev–Trinajstić information content (AvgIpc) is 2.61. The first-order chi connectivity index (χ1) is 11.3. The number of aromatic nitrogens is 1. The van der Waals surface area contributed by atoms with Crippen LogP contribution < -0.4 is 5.56 Å². The number of fused-ring (bicyclic) bond motifs is 1. The molecule has 0 radical (unpaired) electrons. The Balaban J connectivity index is 2.42. The molecule has 0 fully saturated rings. The Morgan fingerprint density at radius 3 is 2.43 bits per heavy atom. The molecule has 0 spiro atoms. The average molecular weight is 323 g/mol. The van der Waals surface area contributed by atoms with Crippen LogP contribution in [0.5, 0.6) is 0 Å². The molecule has 3 rings (SSSR count). The van der Waals surface area contributed by atoms with Crippen LogP contribution >= 0.6 is 11.6 Å². The number of hydrogen-bond acceptors (Lipinski definition) is 2. The Morgan fingerprint density at radius 1 is 1.04 bits per heavy atom.